The molecule has 1 aliphatic rings. The van der Waals surface area contributed by atoms with E-state index in [-0.39, 0.29) is 19.4 Å². The molecule has 0 aromatic carbocycles. The van der Waals surface area contributed by atoms with Crippen molar-refractivity contribution in [3.8, 4) is 0 Å². The number of ether oxygens (including phenoxy) is 3. The van der Waals surface area contributed by atoms with Crippen molar-refractivity contribution in [2.24, 2.45) is 0 Å². The third-order valence-electron chi connectivity index (χ3n) is 4.78. The van der Waals surface area contributed by atoms with E-state index in [9.17, 15) is 34.8 Å². The number of hydrogen-bond acceptors (Lipinski definition) is 11. The molecule has 192 valence electrons. The Kier molecular flexibility index (Phi) is 10.6. The summed E-state index contributed by atoms with van der Waals surface area (Å²) >= 11 is 0. The molecular weight excluding hydrogens is 444 g/mol. The Morgan fingerprint density at radius 1 is 1.18 bits per heavy atom. The predicted molar refractivity (Wildman–Crippen MR) is 111 cm³/mol. The molecule has 1 amide bonds. The Hall–Kier alpha value is -1.87. The van der Waals surface area contributed by atoms with Gasteiger partial charge in [0.25, 0.3) is 5.79 Å². The van der Waals surface area contributed by atoms with Gasteiger partial charge in [0.1, 0.15) is 12.6 Å². The summed E-state index contributed by atoms with van der Waals surface area (Å²) in [5.41, 5.74) is 0. The van der Waals surface area contributed by atoms with Crippen LogP contribution >= 0.6 is 0 Å². The molecule has 0 aromatic heterocycles. The van der Waals surface area contributed by atoms with Crippen molar-refractivity contribution in [1.82, 2.24) is 5.32 Å². The van der Waals surface area contributed by atoms with Gasteiger partial charge in [-0.15, -0.1) is 0 Å². The molecule has 13 nitrogen and oxygen atoms in total. The summed E-state index contributed by atoms with van der Waals surface area (Å²) in [5, 5.41) is 52.3. The Labute approximate surface area is 192 Å². The molecule has 1 rings (SSSR count). The quantitative estimate of drug-likeness (QED) is 0.0998. The number of hydrogen-bond donors (Lipinski definition) is 6. The first-order valence-corrected chi connectivity index (χ1v) is 10.6. The fourth-order valence-corrected chi connectivity index (χ4v) is 3.51. The highest BCUT2D eigenvalue weighted by Crippen LogP contribution is 2.31. The van der Waals surface area contributed by atoms with E-state index in [0.29, 0.717) is 4.48 Å². The first-order valence-electron chi connectivity index (χ1n) is 10.6. The molecule has 0 spiro atoms. The molecule has 33 heavy (non-hydrogen) atoms. The highest BCUT2D eigenvalue weighted by atomic mass is 16.7. The van der Waals surface area contributed by atoms with E-state index in [1.807, 2.05) is 21.1 Å². The molecule has 0 aliphatic carbocycles. The zero-order valence-corrected chi connectivity index (χ0v) is 19.6. The number of carbonyl (C=O) groups excluding carboxylic acids is 3. The fraction of sp³-hybridized carbons (Fsp3) is 0.850. The molecule has 1 fully saturated rings. The van der Waals surface area contributed by atoms with Crippen LogP contribution in [-0.2, 0) is 28.6 Å². The van der Waals surface area contributed by atoms with Gasteiger partial charge in [-0.25, -0.2) is 4.79 Å². The van der Waals surface area contributed by atoms with Crippen molar-refractivity contribution in [3.05, 3.63) is 0 Å². The van der Waals surface area contributed by atoms with E-state index < -0.39 is 73.4 Å². The maximum Gasteiger partial charge on any atom is 0.369 e. The Morgan fingerprint density at radius 2 is 1.79 bits per heavy atom. The SMILES string of the molecule is CC(=O)NC1C(CC(O)CO)O[C@@](O)(C(=O)OC(C)OC(=O)CC(O)C[N+](C)(C)C)C[C@H]1O. The van der Waals surface area contributed by atoms with E-state index in [2.05, 4.69) is 5.32 Å². The van der Waals surface area contributed by atoms with Crippen LogP contribution in [0.1, 0.15) is 33.1 Å². The Morgan fingerprint density at radius 3 is 2.30 bits per heavy atom. The number of rotatable bonds is 11. The highest BCUT2D eigenvalue weighted by Gasteiger charge is 2.52. The zero-order valence-electron chi connectivity index (χ0n) is 19.6. The van der Waals surface area contributed by atoms with Crippen LogP contribution in [0.25, 0.3) is 0 Å². The molecule has 1 aliphatic heterocycles. The molecule has 0 aromatic rings. The summed E-state index contributed by atoms with van der Waals surface area (Å²) in [7, 11) is 5.50. The number of quaternary nitrogens is 1. The van der Waals surface area contributed by atoms with Crippen molar-refractivity contribution in [2.75, 3.05) is 34.3 Å². The number of esters is 2. The molecule has 13 heteroatoms. The molecule has 1 heterocycles. The summed E-state index contributed by atoms with van der Waals surface area (Å²) in [6.45, 7) is 2.04. The lowest BCUT2D eigenvalue weighted by Gasteiger charge is -2.43. The van der Waals surface area contributed by atoms with E-state index in [1.54, 1.807) is 0 Å². The standard InChI is InChI=1S/C20H36N2O11/c1-11(24)21-18-15(27)8-20(30,33-16(18)6-14(26)10-23)19(29)32-12(2)31-17(28)7-13(25)9-22(3,4)5/h12-16,18,23,25-27,30H,6-10H2,1-5H3/p+1/t12?,13?,14?,15-,16?,18?,20-/m1/s1. The van der Waals surface area contributed by atoms with Crippen molar-refractivity contribution in [1.29, 1.82) is 0 Å². The molecule has 1 saturated heterocycles. The van der Waals surface area contributed by atoms with Gasteiger partial charge in [0.15, 0.2) is 0 Å². The summed E-state index contributed by atoms with van der Waals surface area (Å²) < 4.78 is 15.7. The van der Waals surface area contributed by atoms with Crippen molar-refractivity contribution in [3.63, 3.8) is 0 Å². The van der Waals surface area contributed by atoms with Gasteiger partial charge in [-0.05, 0) is 0 Å². The molecule has 0 bridgehead atoms. The van der Waals surface area contributed by atoms with E-state index in [4.69, 9.17) is 19.3 Å². The molecule has 5 unspecified atom stereocenters. The van der Waals surface area contributed by atoms with Crippen LogP contribution in [0.2, 0.25) is 0 Å². The minimum absolute atomic E-state index is 0.283. The first-order chi connectivity index (χ1) is 15.1. The second-order valence-electron chi connectivity index (χ2n) is 9.30. The van der Waals surface area contributed by atoms with Gasteiger partial charge >= 0.3 is 11.9 Å². The average molecular weight is 482 g/mol. The summed E-state index contributed by atoms with van der Waals surface area (Å²) in [5.74, 6) is -5.38. The number of aliphatic hydroxyl groups is 5. The topological polar surface area (TPSA) is 192 Å². The lowest BCUT2D eigenvalue weighted by atomic mass is 9.90. The average Bonchev–Trinajstić information content (AvgIpc) is 2.62. The van der Waals surface area contributed by atoms with Gasteiger partial charge in [0, 0.05) is 26.7 Å². The number of nitrogens with one attached hydrogen (secondary N) is 1. The third-order valence-corrected chi connectivity index (χ3v) is 4.78. The van der Waals surface area contributed by atoms with Gasteiger partial charge in [-0.1, -0.05) is 0 Å². The minimum Gasteiger partial charge on any atom is -0.425 e. The second kappa shape index (κ2) is 12.0. The van der Waals surface area contributed by atoms with Crippen LogP contribution in [0.3, 0.4) is 0 Å². The van der Waals surface area contributed by atoms with Gasteiger partial charge in [-0.3, -0.25) is 9.59 Å². The normalized spacial score (nSPS) is 28.4. The lowest BCUT2D eigenvalue weighted by molar-refractivity contribution is -0.873. The van der Waals surface area contributed by atoms with E-state index in [1.165, 1.54) is 13.8 Å². The zero-order chi connectivity index (χ0) is 25.6. The van der Waals surface area contributed by atoms with Crippen LogP contribution in [0.4, 0.5) is 0 Å². The van der Waals surface area contributed by atoms with E-state index in [0.717, 1.165) is 0 Å². The Balaban J connectivity index is 2.78. The van der Waals surface area contributed by atoms with Crippen LogP contribution in [0, 0.1) is 0 Å². The first kappa shape index (κ1) is 29.2. The van der Waals surface area contributed by atoms with Crippen molar-refractivity contribution >= 4 is 17.8 Å². The maximum atomic E-state index is 12.5. The van der Waals surface area contributed by atoms with Crippen molar-refractivity contribution < 1.29 is 58.6 Å². The van der Waals surface area contributed by atoms with Gasteiger partial charge in [0.05, 0.1) is 58.5 Å². The van der Waals surface area contributed by atoms with Crippen LogP contribution in [0.5, 0.6) is 0 Å². The third kappa shape index (κ3) is 9.88. The molecule has 0 radical (unpaired) electrons. The molecular formula is C20H37N2O11+. The molecule has 0 saturated carbocycles. The van der Waals surface area contributed by atoms with Crippen LogP contribution in [-0.4, -0.2) is 125 Å². The number of carbonyl (C=O) groups is 3. The van der Waals surface area contributed by atoms with E-state index >= 15 is 0 Å². The Bertz CT molecular complexity index is 683. The predicted octanol–water partition coefficient (Wildman–Crippen LogP) is -3.04. The number of aliphatic hydroxyl groups excluding tert-OH is 4. The highest BCUT2D eigenvalue weighted by molar-refractivity contribution is 5.78. The van der Waals surface area contributed by atoms with Gasteiger partial charge in [0.2, 0.25) is 12.2 Å². The monoisotopic (exact) mass is 481 g/mol. The number of nitrogens with zero attached hydrogens (tertiary/aromatic N) is 1. The minimum atomic E-state index is -2.67. The van der Waals surface area contributed by atoms with Gasteiger partial charge in [-0.2, -0.15) is 0 Å². The lowest BCUT2D eigenvalue weighted by Crippen LogP contribution is -2.64. The van der Waals surface area contributed by atoms with Crippen LogP contribution in [0.15, 0.2) is 0 Å². The molecule has 7 atom stereocenters. The second-order valence-corrected chi connectivity index (χ2v) is 9.30. The summed E-state index contributed by atoms with van der Waals surface area (Å²) in [6, 6.07) is -1.07. The summed E-state index contributed by atoms with van der Waals surface area (Å²) in [6.07, 6.45) is -7.77. The van der Waals surface area contributed by atoms with Crippen LogP contribution < -0.4 is 5.32 Å². The maximum absolute atomic E-state index is 12.5. The summed E-state index contributed by atoms with van der Waals surface area (Å²) in [4.78, 5) is 36.0. The fourth-order valence-electron chi connectivity index (χ4n) is 3.51. The smallest absolute Gasteiger partial charge is 0.369 e. The number of amides is 1. The number of likely N-dealkylation sites (N-methyl/N-ethyl adjacent to an activating group) is 1. The van der Waals surface area contributed by atoms with Crippen molar-refractivity contribution in [2.45, 2.75) is 75.6 Å². The van der Waals surface area contributed by atoms with Gasteiger partial charge < -0.3 is 49.5 Å². The largest absolute Gasteiger partial charge is 0.425 e. The molecule has 6 N–H and O–H groups in total.